The second-order valence-corrected chi connectivity index (χ2v) is 7.36. The van der Waals surface area contributed by atoms with E-state index in [2.05, 4.69) is 10.3 Å². The van der Waals surface area contributed by atoms with Crippen molar-refractivity contribution < 1.29 is 17.5 Å². The van der Waals surface area contributed by atoms with E-state index in [9.17, 15) is 12.8 Å². The summed E-state index contributed by atoms with van der Waals surface area (Å²) in [6.07, 6.45) is 0.546. The van der Waals surface area contributed by atoms with Crippen molar-refractivity contribution in [2.75, 3.05) is 19.0 Å². The number of nitrogens with zero attached hydrogens (tertiary/aromatic N) is 2. The molecule has 9 heteroatoms. The van der Waals surface area contributed by atoms with Crippen molar-refractivity contribution in [2.45, 2.75) is 11.3 Å². The first kappa shape index (κ1) is 18.2. The Morgan fingerprint density at radius 3 is 2.73 bits per heavy atom. The number of rotatable bonds is 6. The fourth-order valence-electron chi connectivity index (χ4n) is 2.74. The van der Waals surface area contributed by atoms with Gasteiger partial charge in [0.25, 0.3) is 0 Å². The van der Waals surface area contributed by atoms with Crippen molar-refractivity contribution in [2.24, 2.45) is 12.2 Å². The minimum atomic E-state index is -3.87. The minimum absolute atomic E-state index is 0.0456. The smallest absolute Gasteiger partial charge is 0.241 e. The number of halogens is 1. The molecule has 0 atom stereocenters. The number of hydrogen-bond acceptors (Lipinski definition) is 5. The summed E-state index contributed by atoms with van der Waals surface area (Å²) in [5.41, 5.74) is 2.16. The van der Waals surface area contributed by atoms with E-state index in [1.165, 1.54) is 25.3 Å². The van der Waals surface area contributed by atoms with E-state index in [1.54, 1.807) is 29.8 Å². The van der Waals surface area contributed by atoms with E-state index in [0.29, 0.717) is 29.9 Å². The van der Waals surface area contributed by atoms with E-state index in [4.69, 9.17) is 9.88 Å². The highest BCUT2D eigenvalue weighted by molar-refractivity contribution is 7.89. The van der Waals surface area contributed by atoms with Gasteiger partial charge in [0.15, 0.2) is 0 Å². The normalized spacial score (nSPS) is 11.7. The van der Waals surface area contributed by atoms with Gasteiger partial charge in [-0.05, 0) is 42.3 Å². The van der Waals surface area contributed by atoms with Crippen LogP contribution in [0, 0.1) is 5.82 Å². The van der Waals surface area contributed by atoms with Crippen molar-refractivity contribution in [3.63, 3.8) is 0 Å². The zero-order valence-electron chi connectivity index (χ0n) is 14.4. The van der Waals surface area contributed by atoms with Crippen LogP contribution in [0.4, 0.5) is 10.3 Å². The number of nitrogens with one attached hydrogen (secondary N) is 1. The van der Waals surface area contributed by atoms with Gasteiger partial charge in [-0.15, -0.1) is 0 Å². The van der Waals surface area contributed by atoms with Crippen molar-refractivity contribution in [3.05, 3.63) is 47.8 Å². The van der Waals surface area contributed by atoms with Gasteiger partial charge < -0.3 is 14.6 Å². The van der Waals surface area contributed by atoms with E-state index in [1.807, 2.05) is 0 Å². The van der Waals surface area contributed by atoms with Crippen LogP contribution in [0.1, 0.15) is 5.56 Å². The molecule has 3 rings (SSSR count). The van der Waals surface area contributed by atoms with Gasteiger partial charge >= 0.3 is 0 Å². The SMILES string of the molecule is COc1ccc(CCNc2nc3ccc(F)cc3n2C)cc1S(N)(=O)=O. The lowest BCUT2D eigenvalue weighted by Gasteiger charge is -2.10. The molecule has 0 aliphatic heterocycles. The molecule has 1 aromatic heterocycles. The molecule has 0 saturated heterocycles. The van der Waals surface area contributed by atoms with Crippen LogP contribution in [0.5, 0.6) is 5.75 Å². The van der Waals surface area contributed by atoms with Crippen LogP contribution in [0.2, 0.25) is 0 Å². The van der Waals surface area contributed by atoms with Gasteiger partial charge in [-0.1, -0.05) is 6.07 Å². The second kappa shape index (κ2) is 6.93. The number of primary sulfonamides is 1. The number of benzene rings is 2. The van der Waals surface area contributed by atoms with Crippen molar-refractivity contribution in [1.29, 1.82) is 0 Å². The van der Waals surface area contributed by atoms with Gasteiger partial charge in [-0.25, -0.2) is 22.9 Å². The lowest BCUT2D eigenvalue weighted by Crippen LogP contribution is -2.14. The Morgan fingerprint density at radius 2 is 2.04 bits per heavy atom. The first-order valence-electron chi connectivity index (χ1n) is 7.85. The number of ether oxygens (including phenoxy) is 1. The van der Waals surface area contributed by atoms with Crippen LogP contribution in [-0.2, 0) is 23.5 Å². The maximum absolute atomic E-state index is 13.4. The molecule has 26 heavy (non-hydrogen) atoms. The quantitative estimate of drug-likeness (QED) is 0.684. The summed E-state index contributed by atoms with van der Waals surface area (Å²) >= 11 is 0. The molecule has 0 aliphatic rings. The number of aromatic nitrogens is 2. The van der Waals surface area contributed by atoms with Gasteiger partial charge in [0.2, 0.25) is 16.0 Å². The summed E-state index contributed by atoms with van der Waals surface area (Å²) < 4.78 is 43.5. The largest absolute Gasteiger partial charge is 0.495 e. The molecule has 0 saturated carbocycles. The van der Waals surface area contributed by atoms with Crippen LogP contribution in [-0.4, -0.2) is 31.6 Å². The van der Waals surface area contributed by atoms with Crippen LogP contribution >= 0.6 is 0 Å². The molecule has 7 nitrogen and oxygen atoms in total. The first-order valence-corrected chi connectivity index (χ1v) is 9.40. The Hall–Kier alpha value is -2.65. The molecule has 0 fully saturated rings. The Morgan fingerprint density at radius 1 is 1.27 bits per heavy atom. The molecule has 3 N–H and O–H groups in total. The predicted molar refractivity (Wildman–Crippen MR) is 97.2 cm³/mol. The number of anilines is 1. The molecule has 1 heterocycles. The molecule has 0 spiro atoms. The molecular formula is C17H19FN4O3S. The minimum Gasteiger partial charge on any atom is -0.495 e. The summed E-state index contributed by atoms with van der Waals surface area (Å²) in [6, 6.07) is 9.27. The van der Waals surface area contributed by atoms with E-state index in [-0.39, 0.29) is 16.5 Å². The molecule has 0 unspecified atom stereocenters. The highest BCUT2D eigenvalue weighted by Crippen LogP contribution is 2.24. The Balaban J connectivity index is 1.75. The highest BCUT2D eigenvalue weighted by atomic mass is 32.2. The standard InChI is InChI=1S/C17H19FN4O3S/c1-22-14-10-12(18)4-5-13(14)21-17(22)20-8-7-11-3-6-15(25-2)16(9-11)26(19,23)24/h3-6,9-10H,7-8H2,1-2H3,(H,20,21)(H2,19,23,24). The summed E-state index contributed by atoms with van der Waals surface area (Å²) in [6.45, 7) is 0.510. The van der Waals surface area contributed by atoms with Crippen LogP contribution in [0.25, 0.3) is 11.0 Å². The van der Waals surface area contributed by atoms with Crippen molar-refractivity contribution >= 4 is 27.0 Å². The van der Waals surface area contributed by atoms with Gasteiger partial charge in [0.1, 0.15) is 16.5 Å². The molecule has 0 radical (unpaired) electrons. The van der Waals surface area contributed by atoms with Gasteiger partial charge in [0, 0.05) is 13.6 Å². The topological polar surface area (TPSA) is 99.2 Å². The maximum Gasteiger partial charge on any atom is 0.241 e. The van der Waals surface area contributed by atoms with E-state index < -0.39 is 10.0 Å². The molecule has 0 bridgehead atoms. The summed E-state index contributed by atoms with van der Waals surface area (Å²) in [4.78, 5) is 4.37. The zero-order chi connectivity index (χ0) is 18.9. The van der Waals surface area contributed by atoms with Gasteiger partial charge in [-0.3, -0.25) is 0 Å². The Labute approximate surface area is 150 Å². The summed E-state index contributed by atoms with van der Waals surface area (Å²) in [5.74, 6) is 0.494. The fraction of sp³-hybridized carbons (Fsp3) is 0.235. The predicted octanol–water partition coefficient (Wildman–Crippen LogP) is 2.02. The Bertz CT molecular complexity index is 1060. The number of imidazole rings is 1. The molecule has 0 aliphatic carbocycles. The van der Waals surface area contributed by atoms with Crippen molar-refractivity contribution in [3.8, 4) is 5.75 Å². The molecular weight excluding hydrogens is 359 g/mol. The van der Waals surface area contributed by atoms with E-state index in [0.717, 1.165) is 5.56 Å². The summed E-state index contributed by atoms with van der Waals surface area (Å²) in [7, 11) is -0.687. The van der Waals surface area contributed by atoms with Crippen LogP contribution < -0.4 is 15.2 Å². The van der Waals surface area contributed by atoms with Crippen LogP contribution in [0.15, 0.2) is 41.3 Å². The summed E-state index contributed by atoms with van der Waals surface area (Å²) in [5, 5.41) is 8.40. The van der Waals surface area contributed by atoms with Crippen LogP contribution in [0.3, 0.4) is 0 Å². The average molecular weight is 378 g/mol. The number of sulfonamides is 1. The third-order valence-electron chi connectivity index (χ3n) is 4.07. The monoisotopic (exact) mass is 378 g/mol. The molecule has 2 aromatic carbocycles. The number of methoxy groups -OCH3 is 1. The molecule has 0 amide bonds. The second-order valence-electron chi connectivity index (χ2n) is 5.83. The number of nitrogens with two attached hydrogens (primary N) is 1. The van der Waals surface area contributed by atoms with Gasteiger partial charge in [-0.2, -0.15) is 0 Å². The average Bonchev–Trinajstić information content (AvgIpc) is 2.90. The maximum atomic E-state index is 13.4. The molecule has 138 valence electrons. The van der Waals surface area contributed by atoms with Crippen molar-refractivity contribution in [1.82, 2.24) is 9.55 Å². The number of aryl methyl sites for hydroxylation is 1. The Kier molecular flexibility index (Phi) is 4.84. The lowest BCUT2D eigenvalue weighted by molar-refractivity contribution is 0.402. The van der Waals surface area contributed by atoms with Gasteiger partial charge in [0.05, 0.1) is 18.1 Å². The lowest BCUT2D eigenvalue weighted by atomic mass is 10.1. The third kappa shape index (κ3) is 3.63. The molecule has 3 aromatic rings. The number of fused-ring (bicyclic) bond motifs is 1. The third-order valence-corrected chi connectivity index (χ3v) is 5.01. The van der Waals surface area contributed by atoms with E-state index >= 15 is 0 Å². The number of hydrogen-bond donors (Lipinski definition) is 2. The zero-order valence-corrected chi connectivity index (χ0v) is 15.2. The fourth-order valence-corrected chi connectivity index (χ4v) is 3.49. The first-order chi connectivity index (χ1) is 12.3. The highest BCUT2D eigenvalue weighted by Gasteiger charge is 2.15.